The Kier molecular flexibility index (Phi) is 7.18. The van der Waals surface area contributed by atoms with Crippen LogP contribution in [-0.2, 0) is 0 Å². The Bertz CT molecular complexity index is 2840. The maximum atomic E-state index is 2.44. The minimum Gasteiger partial charge on any atom is -0.309 e. The van der Waals surface area contributed by atoms with Crippen LogP contribution in [0.3, 0.4) is 0 Å². The average Bonchev–Trinajstić information content (AvgIpc) is 3.56. The Morgan fingerprint density at radius 1 is 0.327 bits per heavy atom. The van der Waals surface area contributed by atoms with Crippen molar-refractivity contribution in [3.05, 3.63) is 206 Å². The van der Waals surface area contributed by atoms with E-state index in [1.807, 2.05) is 0 Å². The van der Waals surface area contributed by atoms with Crippen molar-refractivity contribution in [3.63, 3.8) is 0 Å². The summed E-state index contributed by atoms with van der Waals surface area (Å²) < 4.78 is 2.42. The monoisotopic (exact) mass is 662 g/mol. The van der Waals surface area contributed by atoms with Gasteiger partial charge in [0.2, 0.25) is 0 Å². The van der Waals surface area contributed by atoms with Crippen molar-refractivity contribution in [3.8, 4) is 27.9 Å². The van der Waals surface area contributed by atoms with E-state index in [4.69, 9.17) is 0 Å². The minimum atomic E-state index is 1.10. The topological polar surface area (TPSA) is 8.17 Å². The molecule has 1 heterocycles. The van der Waals surface area contributed by atoms with Gasteiger partial charge in [-0.2, -0.15) is 0 Å². The zero-order chi connectivity index (χ0) is 34.4. The van der Waals surface area contributed by atoms with E-state index in [-0.39, 0.29) is 0 Å². The first-order chi connectivity index (χ1) is 25.8. The molecular weight excluding hydrogens is 629 g/mol. The number of anilines is 3. The highest BCUT2D eigenvalue weighted by molar-refractivity contribution is 6.11. The highest BCUT2D eigenvalue weighted by atomic mass is 15.1. The van der Waals surface area contributed by atoms with Crippen LogP contribution in [0.1, 0.15) is 0 Å². The number of hydrogen-bond donors (Lipinski definition) is 0. The van der Waals surface area contributed by atoms with Gasteiger partial charge in [-0.3, -0.25) is 0 Å². The van der Waals surface area contributed by atoms with Crippen molar-refractivity contribution in [1.29, 1.82) is 0 Å². The van der Waals surface area contributed by atoms with Crippen molar-refractivity contribution in [1.82, 2.24) is 4.57 Å². The van der Waals surface area contributed by atoms with E-state index in [1.54, 1.807) is 0 Å². The molecule has 0 unspecified atom stereocenters. The Morgan fingerprint density at radius 2 is 0.865 bits per heavy atom. The highest BCUT2D eigenvalue weighted by Crippen LogP contribution is 2.46. The summed E-state index contributed by atoms with van der Waals surface area (Å²) in [5.41, 5.74) is 11.7. The van der Waals surface area contributed by atoms with E-state index in [9.17, 15) is 0 Å². The van der Waals surface area contributed by atoms with Gasteiger partial charge < -0.3 is 9.47 Å². The predicted molar refractivity (Wildman–Crippen MR) is 221 cm³/mol. The lowest BCUT2D eigenvalue weighted by molar-refractivity contribution is 1.19. The Labute approximate surface area is 303 Å². The lowest BCUT2D eigenvalue weighted by atomic mass is 9.94. The molecule has 10 rings (SSSR count). The van der Waals surface area contributed by atoms with Gasteiger partial charge in [0.15, 0.2) is 0 Å². The van der Waals surface area contributed by atoms with Crippen LogP contribution in [0.15, 0.2) is 206 Å². The molecule has 0 radical (unpaired) electrons. The highest BCUT2D eigenvalue weighted by Gasteiger charge is 2.21. The van der Waals surface area contributed by atoms with Gasteiger partial charge in [-0.15, -0.1) is 0 Å². The summed E-state index contributed by atoms with van der Waals surface area (Å²) in [4.78, 5) is 2.44. The SMILES string of the molecule is c1ccc(-c2ccc(N(c3ccccc3-c3cc(-n4c5ccccc5c5ccccc54)cc4ccccc34)c3cccc4ccccc34)cc2)cc1. The molecule has 0 amide bonds. The summed E-state index contributed by atoms with van der Waals surface area (Å²) in [7, 11) is 0. The molecule has 52 heavy (non-hydrogen) atoms. The number of benzene rings is 9. The summed E-state index contributed by atoms with van der Waals surface area (Å²) in [6, 6.07) is 74.8. The van der Waals surface area contributed by atoms with Crippen LogP contribution >= 0.6 is 0 Å². The van der Waals surface area contributed by atoms with Crippen LogP contribution in [0.25, 0.3) is 71.3 Å². The van der Waals surface area contributed by atoms with E-state index in [2.05, 4.69) is 216 Å². The third kappa shape index (κ3) is 4.96. The summed E-state index contributed by atoms with van der Waals surface area (Å²) in [6.45, 7) is 0. The van der Waals surface area contributed by atoms with E-state index in [1.165, 1.54) is 65.6 Å². The third-order valence-corrected chi connectivity index (χ3v) is 10.4. The molecule has 0 N–H and O–H groups in total. The number of nitrogens with zero attached hydrogens (tertiary/aromatic N) is 2. The van der Waals surface area contributed by atoms with Gasteiger partial charge in [-0.05, 0) is 81.4 Å². The second-order valence-corrected chi connectivity index (χ2v) is 13.3. The molecule has 10 aromatic rings. The molecule has 244 valence electrons. The second-order valence-electron chi connectivity index (χ2n) is 13.3. The molecule has 0 saturated heterocycles. The second kappa shape index (κ2) is 12.5. The number of fused-ring (bicyclic) bond motifs is 5. The fourth-order valence-corrected chi connectivity index (χ4v) is 7.99. The summed E-state index contributed by atoms with van der Waals surface area (Å²) in [5.74, 6) is 0. The van der Waals surface area contributed by atoms with Gasteiger partial charge in [-0.25, -0.2) is 0 Å². The van der Waals surface area contributed by atoms with E-state index in [0.717, 1.165) is 22.7 Å². The molecule has 0 saturated carbocycles. The van der Waals surface area contributed by atoms with E-state index < -0.39 is 0 Å². The number of hydrogen-bond acceptors (Lipinski definition) is 1. The van der Waals surface area contributed by atoms with Crippen LogP contribution < -0.4 is 4.90 Å². The van der Waals surface area contributed by atoms with Gasteiger partial charge in [0.05, 0.1) is 22.4 Å². The zero-order valence-corrected chi connectivity index (χ0v) is 28.5. The summed E-state index contributed by atoms with van der Waals surface area (Å²) in [5, 5.41) is 7.36. The standard InChI is InChI=1S/C50H34N2/c1-2-15-35(16-3-1)36-29-31-39(32-30-36)51(47-28-14-19-37-17-4-7-21-42(37)47)50-27-13-10-24-45(50)46-34-40(33-38-18-5-6-20-41(38)46)52-48-25-11-8-22-43(48)44-23-9-12-26-49(44)52/h1-34H. The molecule has 1 aromatic heterocycles. The molecular formula is C50H34N2. The predicted octanol–water partition coefficient (Wildman–Crippen LogP) is 13.9. The number of rotatable bonds is 6. The van der Waals surface area contributed by atoms with Crippen molar-refractivity contribution < 1.29 is 0 Å². The van der Waals surface area contributed by atoms with Gasteiger partial charge in [-0.1, -0.05) is 158 Å². The lowest BCUT2D eigenvalue weighted by Gasteiger charge is -2.29. The van der Waals surface area contributed by atoms with Crippen molar-refractivity contribution >= 4 is 60.4 Å². The Balaban J connectivity index is 1.23. The van der Waals surface area contributed by atoms with Gasteiger partial charge in [0, 0.05) is 33.1 Å². The minimum absolute atomic E-state index is 1.10. The van der Waals surface area contributed by atoms with Crippen LogP contribution in [0.2, 0.25) is 0 Å². The Hall–Kier alpha value is -6.90. The van der Waals surface area contributed by atoms with Crippen LogP contribution in [-0.4, -0.2) is 4.57 Å². The van der Waals surface area contributed by atoms with Gasteiger partial charge in [0.1, 0.15) is 0 Å². The maximum absolute atomic E-state index is 2.44. The fourth-order valence-electron chi connectivity index (χ4n) is 7.99. The molecule has 2 heteroatoms. The molecule has 0 aliphatic carbocycles. The van der Waals surface area contributed by atoms with E-state index in [0.29, 0.717) is 0 Å². The molecule has 0 spiro atoms. The molecule has 0 aliphatic rings. The fraction of sp³-hybridized carbons (Fsp3) is 0. The number of para-hydroxylation sites is 3. The summed E-state index contributed by atoms with van der Waals surface area (Å²) >= 11 is 0. The Morgan fingerprint density at radius 3 is 1.62 bits per heavy atom. The first kappa shape index (κ1) is 30.0. The van der Waals surface area contributed by atoms with Crippen LogP contribution in [0.4, 0.5) is 17.1 Å². The molecule has 9 aromatic carbocycles. The first-order valence-electron chi connectivity index (χ1n) is 17.9. The van der Waals surface area contributed by atoms with E-state index >= 15 is 0 Å². The lowest BCUT2D eigenvalue weighted by Crippen LogP contribution is -2.12. The van der Waals surface area contributed by atoms with Crippen LogP contribution in [0.5, 0.6) is 0 Å². The normalized spacial score (nSPS) is 11.5. The molecule has 2 nitrogen and oxygen atoms in total. The smallest absolute Gasteiger partial charge is 0.0541 e. The third-order valence-electron chi connectivity index (χ3n) is 10.4. The molecule has 0 fully saturated rings. The van der Waals surface area contributed by atoms with Crippen molar-refractivity contribution in [2.24, 2.45) is 0 Å². The molecule has 0 atom stereocenters. The number of aromatic nitrogens is 1. The van der Waals surface area contributed by atoms with Gasteiger partial charge in [0.25, 0.3) is 0 Å². The van der Waals surface area contributed by atoms with Crippen molar-refractivity contribution in [2.45, 2.75) is 0 Å². The average molecular weight is 663 g/mol. The maximum Gasteiger partial charge on any atom is 0.0541 e. The van der Waals surface area contributed by atoms with Crippen LogP contribution in [0, 0.1) is 0 Å². The quantitative estimate of drug-likeness (QED) is 0.172. The molecule has 0 aliphatic heterocycles. The molecule has 0 bridgehead atoms. The first-order valence-corrected chi connectivity index (χ1v) is 17.9. The van der Waals surface area contributed by atoms with Gasteiger partial charge >= 0.3 is 0 Å². The summed E-state index contributed by atoms with van der Waals surface area (Å²) in [6.07, 6.45) is 0. The zero-order valence-electron chi connectivity index (χ0n) is 28.5. The van der Waals surface area contributed by atoms with Crippen molar-refractivity contribution in [2.75, 3.05) is 4.90 Å². The largest absolute Gasteiger partial charge is 0.309 e.